The van der Waals surface area contributed by atoms with Crippen LogP contribution in [-0.2, 0) is 6.42 Å². The minimum atomic E-state index is -0.294. The quantitative estimate of drug-likeness (QED) is 0.679. The number of rotatable bonds is 7. The van der Waals surface area contributed by atoms with Crippen molar-refractivity contribution in [3.63, 3.8) is 0 Å². The molecule has 0 aliphatic carbocycles. The molecule has 0 atom stereocenters. The van der Waals surface area contributed by atoms with Crippen LogP contribution in [0.3, 0.4) is 0 Å². The van der Waals surface area contributed by atoms with Crippen molar-refractivity contribution in [2.24, 2.45) is 0 Å². The van der Waals surface area contributed by atoms with Crippen LogP contribution in [0.5, 0.6) is 11.5 Å². The van der Waals surface area contributed by atoms with Crippen molar-refractivity contribution >= 4 is 5.95 Å². The smallest absolute Gasteiger partial charge is 0.279 e. The Morgan fingerprint density at radius 2 is 1.54 bits per heavy atom. The van der Waals surface area contributed by atoms with Crippen molar-refractivity contribution < 1.29 is 9.47 Å². The molecule has 3 rings (SSSR count). The van der Waals surface area contributed by atoms with Crippen LogP contribution in [-0.4, -0.2) is 35.9 Å². The van der Waals surface area contributed by atoms with Crippen LogP contribution >= 0.6 is 0 Å². The maximum atomic E-state index is 12.3. The molecule has 134 valence electrons. The molecule has 2 aromatic carbocycles. The van der Waals surface area contributed by atoms with Crippen LogP contribution in [0, 0.1) is 0 Å². The summed E-state index contributed by atoms with van der Waals surface area (Å²) in [6.07, 6.45) is 0.786. The van der Waals surface area contributed by atoms with Crippen molar-refractivity contribution in [1.29, 1.82) is 0 Å². The van der Waals surface area contributed by atoms with E-state index in [0.717, 1.165) is 23.5 Å². The Morgan fingerprint density at radius 1 is 0.923 bits per heavy atom. The summed E-state index contributed by atoms with van der Waals surface area (Å²) in [6.45, 7) is 0.624. The number of aromatic amines is 1. The number of hydrogen-bond donors (Lipinski definition) is 2. The van der Waals surface area contributed by atoms with Crippen LogP contribution in [0.4, 0.5) is 5.95 Å². The molecule has 0 spiro atoms. The van der Waals surface area contributed by atoms with Gasteiger partial charge in [-0.25, -0.2) is 0 Å². The molecule has 0 radical (unpaired) electrons. The summed E-state index contributed by atoms with van der Waals surface area (Å²) in [5, 5.41) is 11.2. The van der Waals surface area contributed by atoms with E-state index in [1.165, 1.54) is 0 Å². The molecule has 0 unspecified atom stereocenters. The molecule has 0 fully saturated rings. The van der Waals surface area contributed by atoms with Gasteiger partial charge in [0.05, 0.1) is 14.2 Å². The van der Waals surface area contributed by atoms with E-state index in [-0.39, 0.29) is 11.3 Å². The van der Waals surface area contributed by atoms with Gasteiger partial charge in [0.15, 0.2) is 5.69 Å². The summed E-state index contributed by atoms with van der Waals surface area (Å²) < 4.78 is 10.2. The maximum Gasteiger partial charge on any atom is 0.279 e. The van der Waals surface area contributed by atoms with E-state index in [2.05, 4.69) is 20.5 Å². The molecule has 3 aromatic rings. The summed E-state index contributed by atoms with van der Waals surface area (Å²) >= 11 is 0. The van der Waals surface area contributed by atoms with Gasteiger partial charge in [-0.3, -0.25) is 9.78 Å². The summed E-state index contributed by atoms with van der Waals surface area (Å²) in [4.78, 5) is 15.0. The minimum Gasteiger partial charge on any atom is -0.497 e. The van der Waals surface area contributed by atoms with Gasteiger partial charge in [0.2, 0.25) is 5.95 Å². The van der Waals surface area contributed by atoms with Crippen molar-refractivity contribution in [1.82, 2.24) is 15.2 Å². The van der Waals surface area contributed by atoms with Gasteiger partial charge in [0.25, 0.3) is 5.56 Å². The zero-order valence-electron chi connectivity index (χ0n) is 14.7. The van der Waals surface area contributed by atoms with Gasteiger partial charge >= 0.3 is 0 Å². The average molecular weight is 352 g/mol. The third-order valence-electron chi connectivity index (χ3n) is 3.93. The predicted molar refractivity (Wildman–Crippen MR) is 99.8 cm³/mol. The molecule has 7 nitrogen and oxygen atoms in total. The van der Waals surface area contributed by atoms with Gasteiger partial charge in [0.1, 0.15) is 11.5 Å². The van der Waals surface area contributed by atoms with Crippen LogP contribution < -0.4 is 20.3 Å². The molecule has 0 saturated heterocycles. The van der Waals surface area contributed by atoms with E-state index in [1.54, 1.807) is 38.5 Å². The highest BCUT2D eigenvalue weighted by Crippen LogP contribution is 2.17. The lowest BCUT2D eigenvalue weighted by atomic mass is 10.1. The number of hydrogen-bond acceptors (Lipinski definition) is 6. The largest absolute Gasteiger partial charge is 0.497 e. The Labute approximate surface area is 151 Å². The minimum absolute atomic E-state index is 0.272. The molecule has 0 bridgehead atoms. The summed E-state index contributed by atoms with van der Waals surface area (Å²) in [5.74, 6) is 1.89. The maximum absolute atomic E-state index is 12.3. The SMILES string of the molecule is COc1ccc(CCNc2nnc(-c3ccc(OC)cc3)c(=O)[nH]2)cc1. The van der Waals surface area contributed by atoms with Crippen LogP contribution in [0.25, 0.3) is 11.3 Å². The third-order valence-corrected chi connectivity index (χ3v) is 3.93. The highest BCUT2D eigenvalue weighted by atomic mass is 16.5. The predicted octanol–water partition coefficient (Wildman–Crippen LogP) is 2.50. The van der Waals surface area contributed by atoms with E-state index in [4.69, 9.17) is 9.47 Å². The summed E-state index contributed by atoms with van der Waals surface area (Å²) in [7, 11) is 3.23. The lowest BCUT2D eigenvalue weighted by Gasteiger charge is -2.07. The van der Waals surface area contributed by atoms with Crippen molar-refractivity contribution in [3.8, 4) is 22.8 Å². The monoisotopic (exact) mass is 352 g/mol. The molecule has 0 saturated carbocycles. The molecule has 7 heteroatoms. The number of ether oxygens (including phenoxy) is 2. The summed E-state index contributed by atoms with van der Waals surface area (Å²) in [6, 6.07) is 14.9. The molecule has 1 aromatic heterocycles. The molecule has 26 heavy (non-hydrogen) atoms. The number of benzene rings is 2. The van der Waals surface area contributed by atoms with Gasteiger partial charge in [-0.1, -0.05) is 12.1 Å². The van der Waals surface area contributed by atoms with Gasteiger partial charge < -0.3 is 14.8 Å². The second-order valence-electron chi connectivity index (χ2n) is 5.60. The van der Waals surface area contributed by atoms with E-state index >= 15 is 0 Å². The zero-order chi connectivity index (χ0) is 18.4. The lowest BCUT2D eigenvalue weighted by Crippen LogP contribution is -2.18. The molecular formula is C19H20N4O3. The van der Waals surface area contributed by atoms with Crippen molar-refractivity contribution in [2.45, 2.75) is 6.42 Å². The highest BCUT2D eigenvalue weighted by molar-refractivity contribution is 5.58. The van der Waals surface area contributed by atoms with Crippen molar-refractivity contribution in [2.75, 3.05) is 26.1 Å². The molecular weight excluding hydrogens is 332 g/mol. The Balaban J connectivity index is 1.62. The molecule has 0 aliphatic heterocycles. The fourth-order valence-electron chi connectivity index (χ4n) is 2.47. The Morgan fingerprint density at radius 3 is 2.12 bits per heavy atom. The Hall–Kier alpha value is -3.35. The fourth-order valence-corrected chi connectivity index (χ4v) is 2.47. The third kappa shape index (κ3) is 4.18. The number of nitrogens with one attached hydrogen (secondary N) is 2. The van der Waals surface area contributed by atoms with Crippen LogP contribution in [0.2, 0.25) is 0 Å². The number of aromatic nitrogens is 3. The van der Waals surface area contributed by atoms with Gasteiger partial charge in [-0.15, -0.1) is 10.2 Å². The number of anilines is 1. The first-order chi connectivity index (χ1) is 12.7. The zero-order valence-corrected chi connectivity index (χ0v) is 14.7. The first kappa shape index (κ1) is 17.5. The van der Waals surface area contributed by atoms with E-state index in [0.29, 0.717) is 18.1 Å². The van der Waals surface area contributed by atoms with Crippen LogP contribution in [0.1, 0.15) is 5.56 Å². The van der Waals surface area contributed by atoms with Crippen LogP contribution in [0.15, 0.2) is 53.3 Å². The highest BCUT2D eigenvalue weighted by Gasteiger charge is 2.07. The molecule has 0 aliphatic rings. The lowest BCUT2D eigenvalue weighted by molar-refractivity contribution is 0.414. The first-order valence-corrected chi connectivity index (χ1v) is 8.18. The van der Waals surface area contributed by atoms with E-state index < -0.39 is 0 Å². The average Bonchev–Trinajstić information content (AvgIpc) is 2.69. The molecule has 0 amide bonds. The second-order valence-corrected chi connectivity index (χ2v) is 5.60. The first-order valence-electron chi connectivity index (χ1n) is 8.18. The standard InChI is InChI=1S/C19H20N4O3/c1-25-15-7-3-13(4-8-15)11-12-20-19-21-18(24)17(22-23-19)14-5-9-16(26-2)10-6-14/h3-10H,11-12H2,1-2H3,(H2,20,21,23,24). The summed E-state index contributed by atoms with van der Waals surface area (Å²) in [5.41, 5.74) is 1.82. The number of nitrogens with zero attached hydrogens (tertiary/aromatic N) is 2. The Bertz CT molecular complexity index is 905. The van der Waals surface area contributed by atoms with Crippen molar-refractivity contribution in [3.05, 3.63) is 64.4 Å². The van der Waals surface area contributed by atoms with Gasteiger partial charge in [-0.2, -0.15) is 0 Å². The normalized spacial score (nSPS) is 10.4. The van der Waals surface area contributed by atoms with E-state index in [1.807, 2.05) is 24.3 Å². The van der Waals surface area contributed by atoms with E-state index in [9.17, 15) is 4.79 Å². The number of H-pyrrole nitrogens is 1. The molecule has 2 N–H and O–H groups in total. The Kier molecular flexibility index (Phi) is 5.48. The van der Waals surface area contributed by atoms with Gasteiger partial charge in [0, 0.05) is 12.1 Å². The second kappa shape index (κ2) is 8.15. The molecule has 1 heterocycles. The topological polar surface area (TPSA) is 89.1 Å². The fraction of sp³-hybridized carbons (Fsp3) is 0.211. The number of methoxy groups -OCH3 is 2. The van der Waals surface area contributed by atoms with Gasteiger partial charge in [-0.05, 0) is 48.4 Å².